The van der Waals surface area contributed by atoms with Gasteiger partial charge in [0.25, 0.3) is 0 Å². The van der Waals surface area contributed by atoms with E-state index in [4.69, 9.17) is 0 Å². The predicted octanol–water partition coefficient (Wildman–Crippen LogP) is 2.87. The van der Waals surface area contributed by atoms with Gasteiger partial charge in [-0.15, -0.1) is 0 Å². The predicted molar refractivity (Wildman–Crippen MR) is 71.3 cm³/mol. The Balaban J connectivity index is 1.67. The van der Waals surface area contributed by atoms with E-state index >= 15 is 0 Å². The van der Waals surface area contributed by atoms with Gasteiger partial charge >= 0.3 is 6.03 Å². The van der Waals surface area contributed by atoms with Crippen LogP contribution in [-0.4, -0.2) is 24.0 Å². The van der Waals surface area contributed by atoms with Crippen molar-refractivity contribution in [3.63, 3.8) is 0 Å². The first-order chi connectivity index (χ1) is 8.80. The number of likely N-dealkylation sites (tertiary alicyclic amines) is 1. The SMILES string of the molecule is O=C(NC1(c2ccccc2)CC1)N1CCCCC1. The van der Waals surface area contributed by atoms with Crippen LogP contribution in [0.2, 0.25) is 0 Å². The van der Waals surface area contributed by atoms with Gasteiger partial charge < -0.3 is 10.2 Å². The molecule has 96 valence electrons. The third-order valence-corrected chi connectivity index (χ3v) is 4.07. The van der Waals surface area contributed by atoms with Gasteiger partial charge in [-0.3, -0.25) is 0 Å². The molecule has 1 aromatic rings. The van der Waals surface area contributed by atoms with Crippen LogP contribution in [0.3, 0.4) is 0 Å². The minimum Gasteiger partial charge on any atom is -0.328 e. The summed E-state index contributed by atoms with van der Waals surface area (Å²) in [5, 5.41) is 3.24. The molecule has 2 aliphatic rings. The second-order valence-corrected chi connectivity index (χ2v) is 5.43. The van der Waals surface area contributed by atoms with Crippen LogP contribution in [0, 0.1) is 0 Å². The Hall–Kier alpha value is -1.51. The number of nitrogens with one attached hydrogen (secondary N) is 1. The van der Waals surface area contributed by atoms with Crippen LogP contribution in [0.15, 0.2) is 30.3 Å². The highest BCUT2D eigenvalue weighted by atomic mass is 16.2. The molecule has 1 aromatic carbocycles. The fraction of sp³-hybridized carbons (Fsp3) is 0.533. The summed E-state index contributed by atoms with van der Waals surface area (Å²) in [6, 6.07) is 10.5. The fourth-order valence-electron chi connectivity index (χ4n) is 2.75. The minimum atomic E-state index is -0.0736. The standard InChI is InChI=1S/C15H20N2O/c18-14(17-11-5-2-6-12-17)16-15(9-10-15)13-7-3-1-4-8-13/h1,3-4,7-8H,2,5-6,9-12H2,(H,16,18). The number of rotatable bonds is 2. The monoisotopic (exact) mass is 244 g/mol. The summed E-state index contributed by atoms with van der Waals surface area (Å²) < 4.78 is 0. The van der Waals surface area contributed by atoms with Crippen molar-refractivity contribution in [1.82, 2.24) is 10.2 Å². The lowest BCUT2D eigenvalue weighted by atomic mass is 10.1. The van der Waals surface area contributed by atoms with Gasteiger partial charge in [0.2, 0.25) is 0 Å². The van der Waals surface area contributed by atoms with E-state index < -0.39 is 0 Å². The Morgan fingerprint density at radius 3 is 2.33 bits per heavy atom. The molecule has 1 N–H and O–H groups in total. The zero-order valence-corrected chi connectivity index (χ0v) is 10.7. The maximum absolute atomic E-state index is 12.2. The topological polar surface area (TPSA) is 32.3 Å². The molecule has 18 heavy (non-hydrogen) atoms. The molecule has 0 aromatic heterocycles. The molecule has 3 heteroatoms. The van der Waals surface area contributed by atoms with Crippen molar-refractivity contribution in [3.8, 4) is 0 Å². The van der Waals surface area contributed by atoms with E-state index in [0.29, 0.717) is 0 Å². The molecule has 1 aliphatic heterocycles. The van der Waals surface area contributed by atoms with E-state index in [0.717, 1.165) is 38.8 Å². The van der Waals surface area contributed by atoms with Crippen LogP contribution in [0.1, 0.15) is 37.7 Å². The van der Waals surface area contributed by atoms with Gasteiger partial charge in [-0.25, -0.2) is 4.79 Å². The quantitative estimate of drug-likeness (QED) is 0.852. The van der Waals surface area contributed by atoms with E-state index in [2.05, 4.69) is 17.4 Å². The molecular weight excluding hydrogens is 224 g/mol. The summed E-state index contributed by atoms with van der Waals surface area (Å²) in [7, 11) is 0. The van der Waals surface area contributed by atoms with Gasteiger partial charge in [0.1, 0.15) is 0 Å². The first-order valence-electron chi connectivity index (χ1n) is 6.93. The second-order valence-electron chi connectivity index (χ2n) is 5.43. The Bertz CT molecular complexity index is 419. The summed E-state index contributed by atoms with van der Waals surface area (Å²) in [5.74, 6) is 0. The summed E-state index contributed by atoms with van der Waals surface area (Å²) in [6.45, 7) is 1.83. The van der Waals surface area contributed by atoms with Gasteiger partial charge in [0, 0.05) is 13.1 Å². The molecule has 1 aliphatic carbocycles. The van der Waals surface area contributed by atoms with Crippen LogP contribution in [0.25, 0.3) is 0 Å². The third-order valence-electron chi connectivity index (χ3n) is 4.07. The molecule has 0 radical (unpaired) electrons. The van der Waals surface area contributed by atoms with Crippen LogP contribution < -0.4 is 5.32 Å². The van der Waals surface area contributed by atoms with Crippen LogP contribution in [0.4, 0.5) is 4.79 Å². The first-order valence-corrected chi connectivity index (χ1v) is 6.93. The summed E-state index contributed by atoms with van der Waals surface area (Å²) >= 11 is 0. The van der Waals surface area contributed by atoms with Crippen LogP contribution >= 0.6 is 0 Å². The van der Waals surface area contributed by atoms with Crippen molar-refractivity contribution in [2.75, 3.05) is 13.1 Å². The average molecular weight is 244 g/mol. The zero-order valence-electron chi connectivity index (χ0n) is 10.7. The van der Waals surface area contributed by atoms with Crippen molar-refractivity contribution in [3.05, 3.63) is 35.9 Å². The Morgan fingerprint density at radius 2 is 1.72 bits per heavy atom. The number of amides is 2. The van der Waals surface area contributed by atoms with Crippen molar-refractivity contribution in [1.29, 1.82) is 0 Å². The maximum Gasteiger partial charge on any atom is 0.318 e. The van der Waals surface area contributed by atoms with Gasteiger partial charge in [0.05, 0.1) is 5.54 Å². The number of nitrogens with zero attached hydrogens (tertiary/aromatic N) is 1. The number of hydrogen-bond donors (Lipinski definition) is 1. The number of piperidine rings is 1. The third kappa shape index (κ3) is 2.22. The number of carbonyl (C=O) groups excluding carboxylic acids is 1. The van der Waals surface area contributed by atoms with E-state index in [9.17, 15) is 4.79 Å². The molecule has 3 rings (SSSR count). The van der Waals surface area contributed by atoms with E-state index in [1.165, 1.54) is 12.0 Å². The Kier molecular flexibility index (Phi) is 2.98. The summed E-state index contributed by atoms with van der Waals surface area (Å²) in [6.07, 6.45) is 5.68. The normalized spacial score (nSPS) is 21.4. The molecule has 2 amide bonds. The Morgan fingerprint density at radius 1 is 1.06 bits per heavy atom. The fourth-order valence-corrected chi connectivity index (χ4v) is 2.75. The van der Waals surface area contributed by atoms with Gasteiger partial charge in [-0.2, -0.15) is 0 Å². The summed E-state index contributed by atoms with van der Waals surface area (Å²) in [5.41, 5.74) is 1.17. The molecule has 1 saturated carbocycles. The van der Waals surface area contributed by atoms with Crippen molar-refractivity contribution in [2.45, 2.75) is 37.6 Å². The van der Waals surface area contributed by atoms with Crippen LogP contribution in [0.5, 0.6) is 0 Å². The molecule has 1 saturated heterocycles. The van der Waals surface area contributed by atoms with Crippen LogP contribution in [-0.2, 0) is 5.54 Å². The first kappa shape index (κ1) is 11.6. The largest absolute Gasteiger partial charge is 0.328 e. The van der Waals surface area contributed by atoms with E-state index in [1.54, 1.807) is 0 Å². The van der Waals surface area contributed by atoms with Crippen molar-refractivity contribution in [2.24, 2.45) is 0 Å². The number of carbonyl (C=O) groups is 1. The highest BCUT2D eigenvalue weighted by Crippen LogP contribution is 2.45. The van der Waals surface area contributed by atoms with Gasteiger partial charge in [-0.1, -0.05) is 30.3 Å². The number of urea groups is 1. The van der Waals surface area contributed by atoms with Gasteiger partial charge in [-0.05, 0) is 37.7 Å². The lowest BCUT2D eigenvalue weighted by Crippen LogP contribution is -2.46. The molecular formula is C15H20N2O. The molecule has 2 fully saturated rings. The second kappa shape index (κ2) is 4.63. The lowest BCUT2D eigenvalue weighted by Gasteiger charge is -2.29. The molecule has 0 unspecified atom stereocenters. The van der Waals surface area contributed by atoms with Gasteiger partial charge in [0.15, 0.2) is 0 Å². The van der Waals surface area contributed by atoms with E-state index in [-0.39, 0.29) is 11.6 Å². The smallest absolute Gasteiger partial charge is 0.318 e. The summed E-state index contributed by atoms with van der Waals surface area (Å²) in [4.78, 5) is 14.2. The van der Waals surface area contributed by atoms with Crippen molar-refractivity contribution < 1.29 is 4.79 Å². The number of benzene rings is 1. The lowest BCUT2D eigenvalue weighted by molar-refractivity contribution is 0.181. The Labute approximate surface area is 108 Å². The number of hydrogen-bond acceptors (Lipinski definition) is 1. The molecule has 1 heterocycles. The highest BCUT2D eigenvalue weighted by Gasteiger charge is 2.46. The zero-order chi connectivity index (χ0) is 12.4. The molecule has 0 atom stereocenters. The average Bonchev–Trinajstić information content (AvgIpc) is 3.22. The maximum atomic E-state index is 12.2. The van der Waals surface area contributed by atoms with E-state index in [1.807, 2.05) is 23.1 Å². The van der Waals surface area contributed by atoms with Crippen molar-refractivity contribution >= 4 is 6.03 Å². The highest BCUT2D eigenvalue weighted by molar-refractivity contribution is 5.76. The molecule has 0 bridgehead atoms. The minimum absolute atomic E-state index is 0.0736. The molecule has 3 nitrogen and oxygen atoms in total. The molecule has 0 spiro atoms.